The van der Waals surface area contributed by atoms with Crippen LogP contribution < -0.4 is 0 Å². The SMILES string of the molecule is c1ccc(Cc2ccc(-c3ccccc3-c3ccccn3)cc2)cc1. The van der Waals surface area contributed by atoms with Crippen molar-refractivity contribution in [3.63, 3.8) is 0 Å². The first-order chi connectivity index (χ1) is 12.4. The number of aromatic nitrogens is 1. The average Bonchev–Trinajstić information content (AvgIpc) is 2.70. The summed E-state index contributed by atoms with van der Waals surface area (Å²) in [6.45, 7) is 0. The van der Waals surface area contributed by atoms with E-state index in [2.05, 4.69) is 89.9 Å². The molecule has 0 saturated carbocycles. The number of hydrogen-bond acceptors (Lipinski definition) is 1. The normalized spacial score (nSPS) is 10.6. The molecule has 3 aromatic carbocycles. The summed E-state index contributed by atoms with van der Waals surface area (Å²) in [5.41, 5.74) is 7.27. The van der Waals surface area contributed by atoms with Crippen molar-refractivity contribution >= 4 is 0 Å². The zero-order chi connectivity index (χ0) is 16.9. The predicted octanol–water partition coefficient (Wildman–Crippen LogP) is 6.01. The van der Waals surface area contributed by atoms with E-state index in [0.717, 1.165) is 12.1 Å². The topological polar surface area (TPSA) is 12.9 Å². The Morgan fingerprint density at radius 3 is 1.88 bits per heavy atom. The van der Waals surface area contributed by atoms with E-state index in [1.165, 1.54) is 27.8 Å². The van der Waals surface area contributed by atoms with E-state index >= 15 is 0 Å². The standard InChI is InChI=1S/C24H19N/c1-2-8-19(9-3-1)18-20-13-15-21(16-14-20)22-10-4-5-11-23(22)24-12-6-7-17-25-24/h1-17H,18H2. The minimum Gasteiger partial charge on any atom is -0.256 e. The molecule has 1 nitrogen and oxygen atoms in total. The highest BCUT2D eigenvalue weighted by atomic mass is 14.7. The molecule has 4 rings (SSSR count). The molecule has 4 aromatic rings. The van der Waals surface area contributed by atoms with E-state index in [0.29, 0.717) is 0 Å². The van der Waals surface area contributed by atoms with Gasteiger partial charge in [-0.2, -0.15) is 0 Å². The van der Waals surface area contributed by atoms with Gasteiger partial charge in [-0.3, -0.25) is 4.98 Å². The van der Waals surface area contributed by atoms with Crippen molar-refractivity contribution in [2.75, 3.05) is 0 Å². The lowest BCUT2D eigenvalue weighted by Gasteiger charge is -2.10. The first kappa shape index (κ1) is 15.3. The van der Waals surface area contributed by atoms with Gasteiger partial charge in [0, 0.05) is 11.8 Å². The van der Waals surface area contributed by atoms with Gasteiger partial charge in [0.1, 0.15) is 0 Å². The summed E-state index contributed by atoms with van der Waals surface area (Å²) in [5, 5.41) is 0. The lowest BCUT2D eigenvalue weighted by atomic mass is 9.95. The Morgan fingerprint density at radius 1 is 0.520 bits per heavy atom. The van der Waals surface area contributed by atoms with Crippen LogP contribution in [0.1, 0.15) is 11.1 Å². The third-order valence-electron chi connectivity index (χ3n) is 4.38. The van der Waals surface area contributed by atoms with Gasteiger partial charge in [-0.15, -0.1) is 0 Å². The van der Waals surface area contributed by atoms with Gasteiger partial charge in [-0.05, 0) is 40.8 Å². The van der Waals surface area contributed by atoms with Crippen LogP contribution in [0.5, 0.6) is 0 Å². The van der Waals surface area contributed by atoms with Crippen molar-refractivity contribution in [3.05, 3.63) is 114 Å². The molecule has 0 atom stereocenters. The Hall–Kier alpha value is -3.19. The van der Waals surface area contributed by atoms with Crippen molar-refractivity contribution in [2.24, 2.45) is 0 Å². The highest BCUT2D eigenvalue weighted by molar-refractivity contribution is 5.81. The summed E-state index contributed by atoms with van der Waals surface area (Å²) in [7, 11) is 0. The highest BCUT2D eigenvalue weighted by Gasteiger charge is 2.07. The van der Waals surface area contributed by atoms with E-state index in [4.69, 9.17) is 0 Å². The van der Waals surface area contributed by atoms with Gasteiger partial charge >= 0.3 is 0 Å². The maximum atomic E-state index is 4.51. The highest BCUT2D eigenvalue weighted by Crippen LogP contribution is 2.31. The fourth-order valence-electron chi connectivity index (χ4n) is 3.11. The van der Waals surface area contributed by atoms with Crippen LogP contribution >= 0.6 is 0 Å². The predicted molar refractivity (Wildman–Crippen MR) is 104 cm³/mol. The fraction of sp³-hybridized carbons (Fsp3) is 0.0417. The second kappa shape index (κ2) is 7.14. The summed E-state index contributed by atoms with van der Waals surface area (Å²) < 4.78 is 0. The monoisotopic (exact) mass is 321 g/mol. The molecule has 0 aliphatic rings. The molecule has 0 fully saturated rings. The van der Waals surface area contributed by atoms with Crippen LogP contribution in [0.3, 0.4) is 0 Å². The Balaban J connectivity index is 1.65. The lowest BCUT2D eigenvalue weighted by molar-refractivity contribution is 1.19. The Kier molecular flexibility index (Phi) is 4.38. The smallest absolute Gasteiger partial charge is 0.0708 e. The molecule has 1 aromatic heterocycles. The second-order valence-electron chi connectivity index (χ2n) is 6.12. The third kappa shape index (κ3) is 3.51. The van der Waals surface area contributed by atoms with Crippen LogP contribution in [0, 0.1) is 0 Å². The minimum atomic E-state index is 0.961. The summed E-state index contributed by atoms with van der Waals surface area (Å²) in [5.74, 6) is 0. The van der Waals surface area contributed by atoms with Crippen LogP contribution in [0.15, 0.2) is 103 Å². The van der Waals surface area contributed by atoms with Gasteiger partial charge in [-0.25, -0.2) is 0 Å². The number of pyridine rings is 1. The van der Waals surface area contributed by atoms with E-state index in [-0.39, 0.29) is 0 Å². The van der Waals surface area contributed by atoms with Gasteiger partial charge < -0.3 is 0 Å². The third-order valence-corrected chi connectivity index (χ3v) is 4.38. The molecule has 0 aliphatic heterocycles. The molecule has 0 aliphatic carbocycles. The zero-order valence-corrected chi connectivity index (χ0v) is 14.0. The maximum absolute atomic E-state index is 4.51. The Bertz CT molecular complexity index is 942. The second-order valence-corrected chi connectivity index (χ2v) is 6.12. The van der Waals surface area contributed by atoms with E-state index < -0.39 is 0 Å². The summed E-state index contributed by atoms with van der Waals surface area (Å²) in [6.07, 6.45) is 2.80. The molecule has 0 saturated heterocycles. The first-order valence-corrected chi connectivity index (χ1v) is 8.54. The number of nitrogens with zero attached hydrogens (tertiary/aromatic N) is 1. The van der Waals surface area contributed by atoms with E-state index in [1.807, 2.05) is 18.3 Å². The molecular weight excluding hydrogens is 302 g/mol. The molecule has 120 valence electrons. The molecule has 0 N–H and O–H groups in total. The van der Waals surface area contributed by atoms with Crippen molar-refractivity contribution < 1.29 is 0 Å². The summed E-state index contributed by atoms with van der Waals surface area (Å²) in [6, 6.07) is 33.9. The molecule has 0 radical (unpaired) electrons. The Morgan fingerprint density at radius 2 is 1.16 bits per heavy atom. The molecule has 25 heavy (non-hydrogen) atoms. The van der Waals surface area contributed by atoms with Gasteiger partial charge in [0.15, 0.2) is 0 Å². The van der Waals surface area contributed by atoms with Crippen LogP contribution in [0.2, 0.25) is 0 Å². The molecule has 0 amide bonds. The van der Waals surface area contributed by atoms with Crippen molar-refractivity contribution in [2.45, 2.75) is 6.42 Å². The average molecular weight is 321 g/mol. The summed E-state index contributed by atoms with van der Waals surface area (Å²) in [4.78, 5) is 4.51. The van der Waals surface area contributed by atoms with E-state index in [1.54, 1.807) is 0 Å². The molecule has 1 heterocycles. The van der Waals surface area contributed by atoms with Crippen LogP contribution in [-0.4, -0.2) is 4.98 Å². The van der Waals surface area contributed by atoms with E-state index in [9.17, 15) is 0 Å². The fourth-order valence-corrected chi connectivity index (χ4v) is 3.11. The quantitative estimate of drug-likeness (QED) is 0.449. The van der Waals surface area contributed by atoms with Gasteiger partial charge in [-0.1, -0.05) is 84.9 Å². The molecule has 0 unspecified atom stereocenters. The van der Waals surface area contributed by atoms with Crippen LogP contribution in [0.25, 0.3) is 22.4 Å². The van der Waals surface area contributed by atoms with Crippen LogP contribution in [-0.2, 0) is 6.42 Å². The zero-order valence-electron chi connectivity index (χ0n) is 14.0. The molecule has 0 bridgehead atoms. The first-order valence-electron chi connectivity index (χ1n) is 8.54. The van der Waals surface area contributed by atoms with Crippen molar-refractivity contribution in [1.29, 1.82) is 0 Å². The van der Waals surface area contributed by atoms with Crippen LogP contribution in [0.4, 0.5) is 0 Å². The van der Waals surface area contributed by atoms with Gasteiger partial charge in [0.2, 0.25) is 0 Å². The number of benzene rings is 3. The van der Waals surface area contributed by atoms with Gasteiger partial charge in [0.05, 0.1) is 5.69 Å². The Labute approximate surface area is 148 Å². The van der Waals surface area contributed by atoms with Gasteiger partial charge in [0.25, 0.3) is 0 Å². The number of rotatable bonds is 4. The molecule has 0 spiro atoms. The lowest BCUT2D eigenvalue weighted by Crippen LogP contribution is -1.90. The van der Waals surface area contributed by atoms with Crippen molar-refractivity contribution in [3.8, 4) is 22.4 Å². The number of hydrogen-bond donors (Lipinski definition) is 0. The maximum Gasteiger partial charge on any atom is 0.0708 e. The minimum absolute atomic E-state index is 0.961. The molecular formula is C24H19N. The van der Waals surface area contributed by atoms with Crippen molar-refractivity contribution in [1.82, 2.24) is 4.98 Å². The largest absolute Gasteiger partial charge is 0.256 e. The molecule has 1 heteroatoms. The summed E-state index contributed by atoms with van der Waals surface area (Å²) >= 11 is 0.